The van der Waals surface area contributed by atoms with Gasteiger partial charge >= 0.3 is 6.18 Å². The Balaban J connectivity index is 2.35. The molecule has 2 rings (SSSR count). The smallest absolute Gasteiger partial charge is 0.384 e. The van der Waals surface area contributed by atoms with Crippen LogP contribution in [0.2, 0.25) is 0 Å². The minimum atomic E-state index is -4.44. The van der Waals surface area contributed by atoms with Gasteiger partial charge in [-0.3, -0.25) is 0 Å². The first-order chi connectivity index (χ1) is 12.2. The zero-order chi connectivity index (χ0) is 19.5. The molecule has 1 aliphatic rings. The van der Waals surface area contributed by atoms with Gasteiger partial charge in [-0.15, -0.1) is 0 Å². The summed E-state index contributed by atoms with van der Waals surface area (Å²) in [4.78, 5) is 6.91. The topological polar surface area (TPSA) is 69.5 Å². The summed E-state index contributed by atoms with van der Waals surface area (Å²) in [5, 5.41) is 5.76. The Morgan fingerprint density at radius 3 is 2.62 bits per heavy atom. The number of aromatic nitrogens is 1. The Labute approximate surface area is 150 Å². The lowest BCUT2D eigenvalue weighted by atomic mass is 10.1. The summed E-state index contributed by atoms with van der Waals surface area (Å²) in [6.07, 6.45) is -0.236. The highest BCUT2D eigenvalue weighted by Crippen LogP contribution is 2.33. The zero-order valence-electron chi connectivity index (χ0n) is 14.9. The van der Waals surface area contributed by atoms with E-state index in [9.17, 15) is 13.2 Å². The van der Waals surface area contributed by atoms with Crippen LogP contribution in [0.4, 0.5) is 19.0 Å². The van der Waals surface area contributed by atoms with Crippen LogP contribution in [0.25, 0.3) is 0 Å². The summed E-state index contributed by atoms with van der Waals surface area (Å²) in [7, 11) is 4.77. The van der Waals surface area contributed by atoms with Crippen molar-refractivity contribution in [2.24, 2.45) is 5.73 Å². The lowest BCUT2D eigenvalue weighted by Crippen LogP contribution is -2.48. The highest BCUT2D eigenvalue weighted by molar-refractivity contribution is 5.39. The molecule has 1 aromatic rings. The lowest BCUT2D eigenvalue weighted by Gasteiger charge is -2.38. The van der Waals surface area contributed by atoms with Crippen molar-refractivity contribution in [3.63, 3.8) is 0 Å². The van der Waals surface area contributed by atoms with Gasteiger partial charge < -0.3 is 26.2 Å². The van der Waals surface area contributed by atoms with Crippen molar-refractivity contribution in [3.05, 3.63) is 60.0 Å². The third-order valence-corrected chi connectivity index (χ3v) is 4.12. The summed E-state index contributed by atoms with van der Waals surface area (Å²) in [6.45, 7) is 3.94. The molecule has 26 heavy (non-hydrogen) atoms. The van der Waals surface area contributed by atoms with E-state index in [0.29, 0.717) is 23.8 Å². The molecular weight excluding hydrogens is 345 g/mol. The molecule has 1 atom stereocenters. The molecule has 0 aliphatic carbocycles. The number of hydrogen-bond donors (Lipinski definition) is 3. The third-order valence-electron chi connectivity index (χ3n) is 4.12. The number of nitrogens with two attached hydrogens (primary N) is 1. The van der Waals surface area contributed by atoms with E-state index in [4.69, 9.17) is 5.73 Å². The largest absolute Gasteiger partial charge is 0.412 e. The molecule has 0 amide bonds. The van der Waals surface area contributed by atoms with Gasteiger partial charge in [0.1, 0.15) is 23.4 Å². The Bertz CT molecular complexity index is 708. The SMILES string of the molecule is C=CNC1=C(N)N(C)C(C(F)(F)F)C=C1N(C)Cc1ccc(NC)nc1. The quantitative estimate of drug-likeness (QED) is 0.715. The molecule has 0 saturated heterocycles. The number of rotatable bonds is 6. The van der Waals surface area contributed by atoms with Crippen LogP contribution in [0.1, 0.15) is 5.56 Å². The van der Waals surface area contributed by atoms with Crippen LogP contribution in [-0.2, 0) is 6.54 Å². The highest BCUT2D eigenvalue weighted by Gasteiger charge is 2.44. The molecule has 1 aromatic heterocycles. The van der Waals surface area contributed by atoms with Gasteiger partial charge in [-0.05, 0) is 23.9 Å². The number of likely N-dealkylation sites (N-methyl/N-ethyl adjacent to an activating group) is 2. The molecule has 4 N–H and O–H groups in total. The number of hydrogen-bond acceptors (Lipinski definition) is 6. The number of nitrogens with zero attached hydrogens (tertiary/aromatic N) is 3. The second kappa shape index (κ2) is 7.59. The number of anilines is 1. The summed E-state index contributed by atoms with van der Waals surface area (Å²) in [5.41, 5.74) is 7.54. The van der Waals surface area contributed by atoms with E-state index >= 15 is 0 Å². The summed E-state index contributed by atoms with van der Waals surface area (Å²) >= 11 is 0. The van der Waals surface area contributed by atoms with Gasteiger partial charge in [-0.2, -0.15) is 13.2 Å². The normalized spacial score (nSPS) is 17.7. The van der Waals surface area contributed by atoms with Crippen molar-refractivity contribution >= 4 is 5.82 Å². The lowest BCUT2D eigenvalue weighted by molar-refractivity contribution is -0.163. The molecule has 1 aliphatic heterocycles. The molecule has 0 saturated carbocycles. The van der Waals surface area contributed by atoms with E-state index in [1.807, 2.05) is 6.07 Å². The maximum absolute atomic E-state index is 13.4. The molecule has 2 heterocycles. The highest BCUT2D eigenvalue weighted by atomic mass is 19.4. The van der Waals surface area contributed by atoms with E-state index in [1.54, 1.807) is 31.3 Å². The third kappa shape index (κ3) is 4.04. The molecular formula is C17H23F3N6. The van der Waals surface area contributed by atoms with Crippen LogP contribution in [0.15, 0.2) is 54.4 Å². The Hall–Kier alpha value is -2.84. The van der Waals surface area contributed by atoms with Crippen LogP contribution in [0.3, 0.4) is 0 Å². The molecule has 0 aromatic carbocycles. The molecule has 6 nitrogen and oxygen atoms in total. The fourth-order valence-corrected chi connectivity index (χ4v) is 2.71. The second-order valence-electron chi connectivity index (χ2n) is 5.92. The van der Waals surface area contributed by atoms with Gasteiger partial charge in [0.25, 0.3) is 0 Å². The molecule has 142 valence electrons. The molecule has 9 heteroatoms. The van der Waals surface area contributed by atoms with Crippen molar-refractivity contribution < 1.29 is 13.2 Å². The summed E-state index contributed by atoms with van der Waals surface area (Å²) in [5.74, 6) is 0.713. The van der Waals surface area contributed by atoms with Gasteiger partial charge in [-0.25, -0.2) is 4.98 Å². The number of pyridine rings is 1. The van der Waals surface area contributed by atoms with E-state index in [0.717, 1.165) is 16.5 Å². The van der Waals surface area contributed by atoms with Gasteiger partial charge in [-0.1, -0.05) is 12.6 Å². The predicted molar refractivity (Wildman–Crippen MR) is 95.5 cm³/mol. The predicted octanol–water partition coefficient (Wildman–Crippen LogP) is 2.18. The van der Waals surface area contributed by atoms with Gasteiger partial charge in [0.05, 0.1) is 5.70 Å². The van der Waals surface area contributed by atoms with Crippen LogP contribution in [0, 0.1) is 0 Å². The Morgan fingerprint density at radius 2 is 2.12 bits per heavy atom. The zero-order valence-corrected chi connectivity index (χ0v) is 14.9. The molecule has 0 fully saturated rings. The molecule has 0 spiro atoms. The molecule has 0 radical (unpaired) electrons. The summed E-state index contributed by atoms with van der Waals surface area (Å²) < 4.78 is 40.2. The second-order valence-corrected chi connectivity index (χ2v) is 5.92. The molecule has 1 unspecified atom stereocenters. The van der Waals surface area contributed by atoms with E-state index in [-0.39, 0.29) is 5.82 Å². The number of nitrogens with one attached hydrogen (secondary N) is 2. The van der Waals surface area contributed by atoms with Gasteiger partial charge in [0.15, 0.2) is 0 Å². The van der Waals surface area contributed by atoms with Crippen molar-refractivity contribution in [1.29, 1.82) is 0 Å². The van der Waals surface area contributed by atoms with Crippen molar-refractivity contribution in [2.75, 3.05) is 26.5 Å². The van der Waals surface area contributed by atoms with E-state index in [1.165, 1.54) is 13.2 Å². The fourth-order valence-electron chi connectivity index (χ4n) is 2.71. The summed E-state index contributed by atoms with van der Waals surface area (Å²) in [6, 6.07) is 1.86. The standard InChI is InChI=1S/C17H23F3N6/c1-5-23-15-12(8-13(17(18,19)20)26(4)16(15)21)25(3)10-11-6-7-14(22-2)24-9-11/h5-9,13,23H,1,10,21H2,2-4H3,(H,22,24). The molecule has 0 bridgehead atoms. The van der Waals surface area contributed by atoms with Gasteiger partial charge in [0.2, 0.25) is 0 Å². The van der Waals surface area contributed by atoms with Crippen molar-refractivity contribution in [3.8, 4) is 0 Å². The maximum Gasteiger partial charge on any atom is 0.412 e. The monoisotopic (exact) mass is 368 g/mol. The fraction of sp³-hybridized carbons (Fsp3) is 0.353. The average molecular weight is 368 g/mol. The number of halogens is 3. The van der Waals surface area contributed by atoms with Crippen molar-refractivity contribution in [1.82, 2.24) is 20.1 Å². The first kappa shape index (κ1) is 19.5. The van der Waals surface area contributed by atoms with E-state index < -0.39 is 12.2 Å². The van der Waals surface area contributed by atoms with Gasteiger partial charge in [0, 0.05) is 33.9 Å². The number of alkyl halides is 3. The van der Waals surface area contributed by atoms with E-state index in [2.05, 4.69) is 22.2 Å². The Kier molecular flexibility index (Phi) is 5.69. The maximum atomic E-state index is 13.4. The van der Waals surface area contributed by atoms with Crippen LogP contribution < -0.4 is 16.4 Å². The van der Waals surface area contributed by atoms with Crippen LogP contribution in [-0.4, -0.2) is 48.1 Å². The van der Waals surface area contributed by atoms with Crippen LogP contribution >= 0.6 is 0 Å². The average Bonchev–Trinajstić information content (AvgIpc) is 2.58. The minimum Gasteiger partial charge on any atom is -0.384 e. The van der Waals surface area contributed by atoms with Crippen molar-refractivity contribution in [2.45, 2.75) is 18.8 Å². The Morgan fingerprint density at radius 1 is 1.42 bits per heavy atom. The van der Waals surface area contributed by atoms with Crippen LogP contribution in [0.5, 0.6) is 0 Å². The first-order valence-corrected chi connectivity index (χ1v) is 7.91. The minimum absolute atomic E-state index is 0.000214. The first-order valence-electron chi connectivity index (χ1n) is 7.91.